The molecule has 0 saturated heterocycles. The first-order valence-corrected chi connectivity index (χ1v) is 6.24. The fourth-order valence-electron chi connectivity index (χ4n) is 2.87. The molecular weight excluding hydrogens is 206 g/mol. The van der Waals surface area contributed by atoms with E-state index in [-0.39, 0.29) is 6.04 Å². The van der Waals surface area contributed by atoms with Crippen LogP contribution < -0.4 is 5.73 Å². The molecule has 0 radical (unpaired) electrons. The van der Waals surface area contributed by atoms with Crippen LogP contribution in [0.4, 0.5) is 0 Å². The molecule has 1 nitrogen and oxygen atoms in total. The number of hydrogen-bond acceptors (Lipinski definition) is 1. The molecular formula is C16H17N. The zero-order chi connectivity index (χ0) is 11.7. The molecule has 0 heterocycles. The Morgan fingerprint density at radius 1 is 0.882 bits per heavy atom. The highest BCUT2D eigenvalue weighted by atomic mass is 14.7. The van der Waals surface area contributed by atoms with Gasteiger partial charge in [-0.25, -0.2) is 0 Å². The van der Waals surface area contributed by atoms with Crippen molar-refractivity contribution in [2.75, 3.05) is 0 Å². The molecule has 2 aromatic carbocycles. The minimum absolute atomic E-state index is 0.141. The van der Waals surface area contributed by atoms with Gasteiger partial charge in [0.05, 0.1) is 0 Å². The summed E-state index contributed by atoms with van der Waals surface area (Å²) >= 11 is 0. The number of aryl methyl sites for hydroxylation is 1. The molecule has 0 bridgehead atoms. The van der Waals surface area contributed by atoms with E-state index in [1.165, 1.54) is 16.7 Å². The normalized spacial score (nSPS) is 23.1. The van der Waals surface area contributed by atoms with Crippen LogP contribution in [0.5, 0.6) is 0 Å². The lowest BCUT2D eigenvalue weighted by Crippen LogP contribution is -2.25. The largest absolute Gasteiger partial charge is 0.323 e. The van der Waals surface area contributed by atoms with Gasteiger partial charge in [0.1, 0.15) is 0 Å². The van der Waals surface area contributed by atoms with Crippen LogP contribution in [0.2, 0.25) is 0 Å². The van der Waals surface area contributed by atoms with Gasteiger partial charge in [-0.3, -0.25) is 0 Å². The molecule has 0 amide bonds. The van der Waals surface area contributed by atoms with E-state index in [2.05, 4.69) is 54.6 Å². The summed E-state index contributed by atoms with van der Waals surface area (Å²) in [5.74, 6) is 0.464. The van der Waals surface area contributed by atoms with Crippen LogP contribution in [-0.2, 0) is 6.42 Å². The molecule has 0 spiro atoms. The lowest BCUT2D eigenvalue weighted by Gasteiger charge is -2.31. The molecule has 0 aromatic heterocycles. The Balaban J connectivity index is 1.97. The van der Waals surface area contributed by atoms with Crippen molar-refractivity contribution in [3.63, 3.8) is 0 Å². The topological polar surface area (TPSA) is 26.0 Å². The van der Waals surface area contributed by atoms with E-state index in [0.717, 1.165) is 12.8 Å². The highest BCUT2D eigenvalue weighted by molar-refractivity contribution is 5.37. The molecule has 3 rings (SSSR count). The van der Waals surface area contributed by atoms with Crippen LogP contribution in [0.15, 0.2) is 54.6 Å². The second-order valence-corrected chi connectivity index (χ2v) is 4.78. The third-order valence-electron chi connectivity index (χ3n) is 3.80. The summed E-state index contributed by atoms with van der Waals surface area (Å²) in [5.41, 5.74) is 10.5. The number of benzene rings is 2. The summed E-state index contributed by atoms with van der Waals surface area (Å²) < 4.78 is 0. The first kappa shape index (κ1) is 10.5. The van der Waals surface area contributed by atoms with Crippen molar-refractivity contribution in [3.05, 3.63) is 71.3 Å². The maximum absolute atomic E-state index is 6.42. The van der Waals surface area contributed by atoms with E-state index in [1.54, 1.807) is 0 Å². The number of rotatable bonds is 1. The van der Waals surface area contributed by atoms with Gasteiger partial charge in [-0.1, -0.05) is 54.6 Å². The molecule has 17 heavy (non-hydrogen) atoms. The zero-order valence-electron chi connectivity index (χ0n) is 9.84. The van der Waals surface area contributed by atoms with Crippen LogP contribution in [-0.4, -0.2) is 0 Å². The molecule has 1 heteroatoms. The summed E-state index contributed by atoms with van der Waals surface area (Å²) in [6.07, 6.45) is 2.30. The van der Waals surface area contributed by atoms with Crippen molar-refractivity contribution in [1.82, 2.24) is 0 Å². The SMILES string of the molecule is N[C@H]1c2ccccc2CC[C@@H]1c1ccccc1. The van der Waals surface area contributed by atoms with Crippen molar-refractivity contribution in [2.45, 2.75) is 24.8 Å². The number of hydrogen-bond donors (Lipinski definition) is 1. The highest BCUT2D eigenvalue weighted by Crippen LogP contribution is 2.38. The molecule has 0 unspecified atom stereocenters. The summed E-state index contributed by atoms with van der Waals surface area (Å²) in [4.78, 5) is 0. The van der Waals surface area contributed by atoms with Crippen LogP contribution in [0.25, 0.3) is 0 Å². The van der Waals surface area contributed by atoms with Crippen LogP contribution in [0.1, 0.15) is 35.1 Å². The molecule has 0 fully saturated rings. The number of fused-ring (bicyclic) bond motifs is 1. The lowest BCUT2D eigenvalue weighted by atomic mass is 9.77. The Morgan fingerprint density at radius 2 is 1.59 bits per heavy atom. The first-order valence-electron chi connectivity index (χ1n) is 6.24. The van der Waals surface area contributed by atoms with Gasteiger partial charge in [-0.2, -0.15) is 0 Å². The van der Waals surface area contributed by atoms with Crippen molar-refractivity contribution >= 4 is 0 Å². The maximum Gasteiger partial charge on any atom is 0.0367 e. The molecule has 1 aliphatic carbocycles. The monoisotopic (exact) mass is 223 g/mol. The Hall–Kier alpha value is -1.60. The zero-order valence-corrected chi connectivity index (χ0v) is 9.84. The molecule has 86 valence electrons. The Bertz CT molecular complexity index is 504. The predicted molar refractivity (Wildman–Crippen MR) is 70.9 cm³/mol. The molecule has 0 saturated carbocycles. The van der Waals surface area contributed by atoms with E-state index >= 15 is 0 Å². The van der Waals surface area contributed by atoms with Gasteiger partial charge in [-0.05, 0) is 29.5 Å². The third-order valence-corrected chi connectivity index (χ3v) is 3.80. The van der Waals surface area contributed by atoms with Gasteiger partial charge < -0.3 is 5.73 Å². The quantitative estimate of drug-likeness (QED) is 0.787. The van der Waals surface area contributed by atoms with E-state index in [1.807, 2.05) is 0 Å². The molecule has 2 aromatic rings. The third kappa shape index (κ3) is 1.87. The Kier molecular flexibility index (Phi) is 2.69. The molecule has 0 aliphatic heterocycles. The minimum Gasteiger partial charge on any atom is -0.323 e. The van der Waals surface area contributed by atoms with E-state index in [9.17, 15) is 0 Å². The standard InChI is InChI=1S/C16H17N/c17-16-14-9-5-4-8-13(14)10-11-15(16)12-6-2-1-3-7-12/h1-9,15-16H,10-11,17H2/t15-,16+/m1/s1. The van der Waals surface area contributed by atoms with E-state index < -0.39 is 0 Å². The summed E-state index contributed by atoms with van der Waals surface area (Å²) in [6, 6.07) is 19.4. The van der Waals surface area contributed by atoms with Gasteiger partial charge in [0.2, 0.25) is 0 Å². The number of nitrogens with two attached hydrogens (primary N) is 1. The van der Waals surface area contributed by atoms with Gasteiger partial charge in [-0.15, -0.1) is 0 Å². The van der Waals surface area contributed by atoms with Crippen LogP contribution >= 0.6 is 0 Å². The van der Waals surface area contributed by atoms with E-state index in [4.69, 9.17) is 5.73 Å². The second kappa shape index (κ2) is 4.34. The lowest BCUT2D eigenvalue weighted by molar-refractivity contribution is 0.486. The first-order chi connectivity index (χ1) is 8.36. The average molecular weight is 223 g/mol. The highest BCUT2D eigenvalue weighted by Gasteiger charge is 2.27. The molecule has 2 N–H and O–H groups in total. The molecule has 1 aliphatic rings. The Morgan fingerprint density at radius 3 is 2.41 bits per heavy atom. The van der Waals surface area contributed by atoms with E-state index in [0.29, 0.717) is 5.92 Å². The summed E-state index contributed by atoms with van der Waals surface area (Å²) in [5, 5.41) is 0. The fourth-order valence-corrected chi connectivity index (χ4v) is 2.87. The summed E-state index contributed by atoms with van der Waals surface area (Å²) in [7, 11) is 0. The van der Waals surface area contributed by atoms with Gasteiger partial charge in [0.25, 0.3) is 0 Å². The van der Waals surface area contributed by atoms with Crippen LogP contribution in [0.3, 0.4) is 0 Å². The van der Waals surface area contributed by atoms with Gasteiger partial charge in [0.15, 0.2) is 0 Å². The van der Waals surface area contributed by atoms with Crippen molar-refractivity contribution in [3.8, 4) is 0 Å². The Labute approximate surface area is 102 Å². The summed E-state index contributed by atoms with van der Waals surface area (Å²) in [6.45, 7) is 0. The van der Waals surface area contributed by atoms with Crippen molar-refractivity contribution in [1.29, 1.82) is 0 Å². The fraction of sp³-hybridized carbons (Fsp3) is 0.250. The van der Waals surface area contributed by atoms with Crippen molar-refractivity contribution < 1.29 is 0 Å². The average Bonchev–Trinajstić information content (AvgIpc) is 2.40. The predicted octanol–water partition coefficient (Wildman–Crippen LogP) is 3.42. The molecule has 2 atom stereocenters. The smallest absolute Gasteiger partial charge is 0.0367 e. The minimum atomic E-state index is 0.141. The second-order valence-electron chi connectivity index (χ2n) is 4.78. The maximum atomic E-state index is 6.42. The van der Waals surface area contributed by atoms with Crippen molar-refractivity contribution in [2.24, 2.45) is 5.73 Å². The van der Waals surface area contributed by atoms with Crippen LogP contribution in [0, 0.1) is 0 Å². The van der Waals surface area contributed by atoms with Gasteiger partial charge >= 0.3 is 0 Å². The van der Waals surface area contributed by atoms with Gasteiger partial charge in [0, 0.05) is 12.0 Å².